The molecule has 0 spiro atoms. The number of esters is 1. The van der Waals surface area contributed by atoms with Crippen LogP contribution < -0.4 is 10.5 Å². The van der Waals surface area contributed by atoms with Crippen LogP contribution in [0.1, 0.15) is 10.4 Å². The van der Waals surface area contributed by atoms with Gasteiger partial charge in [0.1, 0.15) is 5.75 Å². The van der Waals surface area contributed by atoms with Crippen molar-refractivity contribution in [1.29, 1.82) is 0 Å². The van der Waals surface area contributed by atoms with Crippen LogP contribution in [-0.2, 0) is 0 Å². The van der Waals surface area contributed by atoms with Crippen molar-refractivity contribution in [1.82, 2.24) is 0 Å². The fraction of sp³-hybridized carbons (Fsp3) is 0. The van der Waals surface area contributed by atoms with Crippen LogP contribution in [0.4, 0.5) is 5.69 Å². The molecule has 0 fully saturated rings. The molecule has 0 amide bonds. The molecule has 0 aliphatic rings. The number of anilines is 1. The predicted octanol–water partition coefficient (Wildman–Crippen LogP) is 3.64. The molecule has 3 aromatic carbocycles. The van der Waals surface area contributed by atoms with Crippen molar-refractivity contribution in [2.24, 2.45) is 0 Å². The Morgan fingerprint density at radius 1 is 0.850 bits per heavy atom. The van der Waals surface area contributed by atoms with Gasteiger partial charge >= 0.3 is 5.97 Å². The Labute approximate surface area is 116 Å². The second-order valence-electron chi connectivity index (χ2n) is 4.49. The third-order valence-corrected chi connectivity index (χ3v) is 3.09. The quantitative estimate of drug-likeness (QED) is 0.436. The zero-order valence-electron chi connectivity index (χ0n) is 10.7. The van der Waals surface area contributed by atoms with E-state index in [2.05, 4.69) is 0 Å². The first kappa shape index (κ1) is 12.2. The molecule has 0 radical (unpaired) electrons. The molecule has 0 saturated carbocycles. The van der Waals surface area contributed by atoms with Crippen molar-refractivity contribution in [3.05, 3.63) is 72.3 Å². The number of rotatable bonds is 2. The molecule has 3 rings (SSSR count). The van der Waals surface area contributed by atoms with E-state index in [4.69, 9.17) is 10.5 Å². The van der Waals surface area contributed by atoms with Gasteiger partial charge in [0.25, 0.3) is 0 Å². The average Bonchev–Trinajstić information content (AvgIpc) is 2.47. The number of fused-ring (bicyclic) bond motifs is 1. The maximum Gasteiger partial charge on any atom is 0.345 e. The zero-order valence-corrected chi connectivity index (χ0v) is 10.7. The first-order valence-corrected chi connectivity index (χ1v) is 6.29. The summed E-state index contributed by atoms with van der Waals surface area (Å²) in [6.07, 6.45) is 0. The van der Waals surface area contributed by atoms with Crippen molar-refractivity contribution in [2.75, 3.05) is 5.73 Å². The van der Waals surface area contributed by atoms with E-state index >= 15 is 0 Å². The van der Waals surface area contributed by atoms with Crippen LogP contribution in [0.2, 0.25) is 0 Å². The lowest BCUT2D eigenvalue weighted by Gasteiger charge is -2.08. The van der Waals surface area contributed by atoms with Gasteiger partial charge in [-0.25, -0.2) is 4.79 Å². The summed E-state index contributed by atoms with van der Waals surface area (Å²) < 4.78 is 5.31. The highest BCUT2D eigenvalue weighted by molar-refractivity contribution is 6.02. The Balaban J connectivity index is 1.97. The third-order valence-electron chi connectivity index (χ3n) is 3.09. The normalized spacial score (nSPS) is 10.4. The largest absolute Gasteiger partial charge is 0.423 e. The summed E-state index contributed by atoms with van der Waals surface area (Å²) >= 11 is 0. The molecule has 0 unspecified atom stereocenters. The van der Waals surface area contributed by atoms with Crippen molar-refractivity contribution in [2.45, 2.75) is 0 Å². The fourth-order valence-electron chi connectivity index (χ4n) is 2.09. The predicted molar refractivity (Wildman–Crippen MR) is 79.8 cm³/mol. The maximum absolute atomic E-state index is 12.2. The van der Waals surface area contributed by atoms with E-state index in [9.17, 15) is 4.79 Å². The van der Waals surface area contributed by atoms with Gasteiger partial charge in [-0.3, -0.25) is 0 Å². The minimum Gasteiger partial charge on any atom is -0.423 e. The Morgan fingerprint density at radius 2 is 1.45 bits per heavy atom. The Morgan fingerprint density at radius 3 is 2.15 bits per heavy atom. The van der Waals surface area contributed by atoms with Crippen molar-refractivity contribution in [3.8, 4) is 5.75 Å². The lowest BCUT2D eigenvalue weighted by molar-refractivity contribution is 0.0736. The Bertz CT molecular complexity index is 766. The number of nitrogen functional groups attached to an aromatic ring is 1. The average molecular weight is 263 g/mol. The molecule has 0 atom stereocenters. The first-order chi connectivity index (χ1) is 9.74. The fourth-order valence-corrected chi connectivity index (χ4v) is 2.09. The van der Waals surface area contributed by atoms with Crippen LogP contribution in [0.15, 0.2) is 66.7 Å². The van der Waals surface area contributed by atoms with E-state index in [1.54, 1.807) is 24.3 Å². The molecule has 0 aliphatic heterocycles. The van der Waals surface area contributed by atoms with Crippen molar-refractivity contribution < 1.29 is 9.53 Å². The number of hydrogen-bond donors (Lipinski definition) is 1. The number of hydrogen-bond acceptors (Lipinski definition) is 3. The zero-order chi connectivity index (χ0) is 13.9. The second kappa shape index (κ2) is 5.05. The minimum atomic E-state index is -0.445. The van der Waals surface area contributed by atoms with Gasteiger partial charge in [-0.05, 0) is 35.0 Å². The van der Waals surface area contributed by atoms with Crippen LogP contribution in [0.5, 0.6) is 5.75 Å². The summed E-state index contributed by atoms with van der Waals surface area (Å²) in [6, 6.07) is 20.2. The van der Waals surface area contributed by atoms with E-state index in [1.165, 1.54) is 0 Å². The molecule has 2 N–H and O–H groups in total. The van der Waals surface area contributed by atoms with Crippen LogP contribution >= 0.6 is 0 Å². The summed E-state index contributed by atoms with van der Waals surface area (Å²) in [7, 11) is 0. The molecule has 3 heteroatoms. The summed E-state index contributed by atoms with van der Waals surface area (Å²) in [5, 5.41) is 1.96. The van der Waals surface area contributed by atoms with Gasteiger partial charge in [0.15, 0.2) is 0 Å². The van der Waals surface area contributed by atoms with Gasteiger partial charge in [0.05, 0.1) is 5.56 Å². The minimum absolute atomic E-state index is 0.382. The Kier molecular flexibility index (Phi) is 3.09. The monoisotopic (exact) mass is 263 g/mol. The standard InChI is InChI=1S/C17H13NO2/c18-16-11-13-7-5-4-6-12(13)10-15(16)17(19)20-14-8-2-1-3-9-14/h1-11H,18H2. The molecule has 3 aromatic rings. The molecular formula is C17H13NO2. The summed E-state index contributed by atoms with van der Waals surface area (Å²) in [4.78, 5) is 12.2. The highest BCUT2D eigenvalue weighted by Crippen LogP contribution is 2.23. The lowest BCUT2D eigenvalue weighted by Crippen LogP contribution is -2.11. The molecule has 20 heavy (non-hydrogen) atoms. The molecule has 0 saturated heterocycles. The molecule has 0 aliphatic carbocycles. The Hall–Kier alpha value is -2.81. The molecule has 0 heterocycles. The highest BCUT2D eigenvalue weighted by atomic mass is 16.5. The number of carbonyl (C=O) groups excluding carboxylic acids is 1. The van der Waals surface area contributed by atoms with E-state index in [1.807, 2.05) is 42.5 Å². The van der Waals surface area contributed by atoms with Gasteiger partial charge in [-0.1, -0.05) is 42.5 Å². The van der Waals surface area contributed by atoms with E-state index in [0.29, 0.717) is 17.0 Å². The van der Waals surface area contributed by atoms with Gasteiger partial charge in [0, 0.05) is 5.69 Å². The van der Waals surface area contributed by atoms with Gasteiger partial charge in [0.2, 0.25) is 0 Å². The van der Waals surface area contributed by atoms with E-state index in [0.717, 1.165) is 10.8 Å². The number of nitrogens with two attached hydrogens (primary N) is 1. The van der Waals surface area contributed by atoms with Gasteiger partial charge in [-0.15, -0.1) is 0 Å². The summed E-state index contributed by atoms with van der Waals surface area (Å²) in [6.45, 7) is 0. The summed E-state index contributed by atoms with van der Waals surface area (Å²) in [5.41, 5.74) is 6.74. The topological polar surface area (TPSA) is 52.3 Å². The van der Waals surface area contributed by atoms with Crippen LogP contribution in [0.3, 0.4) is 0 Å². The molecule has 98 valence electrons. The molecule has 0 aromatic heterocycles. The first-order valence-electron chi connectivity index (χ1n) is 6.29. The van der Waals surface area contributed by atoms with E-state index in [-0.39, 0.29) is 0 Å². The lowest BCUT2D eigenvalue weighted by atomic mass is 10.1. The SMILES string of the molecule is Nc1cc2ccccc2cc1C(=O)Oc1ccccc1. The van der Waals surface area contributed by atoms with Gasteiger partial charge < -0.3 is 10.5 Å². The molecular weight excluding hydrogens is 250 g/mol. The van der Waals surface area contributed by atoms with Crippen LogP contribution in [-0.4, -0.2) is 5.97 Å². The highest BCUT2D eigenvalue weighted by Gasteiger charge is 2.13. The molecule has 0 bridgehead atoms. The third kappa shape index (κ3) is 2.34. The summed E-state index contributed by atoms with van der Waals surface area (Å²) in [5.74, 6) is 0.0597. The smallest absolute Gasteiger partial charge is 0.345 e. The van der Waals surface area contributed by atoms with Crippen molar-refractivity contribution in [3.63, 3.8) is 0 Å². The number of benzene rings is 3. The van der Waals surface area contributed by atoms with Crippen LogP contribution in [0.25, 0.3) is 10.8 Å². The number of para-hydroxylation sites is 1. The number of ether oxygens (including phenoxy) is 1. The second-order valence-corrected chi connectivity index (χ2v) is 4.49. The van der Waals surface area contributed by atoms with Crippen LogP contribution in [0, 0.1) is 0 Å². The molecule has 3 nitrogen and oxygen atoms in total. The van der Waals surface area contributed by atoms with Gasteiger partial charge in [-0.2, -0.15) is 0 Å². The maximum atomic E-state index is 12.2. The van der Waals surface area contributed by atoms with Crippen molar-refractivity contribution >= 4 is 22.4 Å². The number of carbonyl (C=O) groups is 1. The van der Waals surface area contributed by atoms with E-state index < -0.39 is 5.97 Å².